The molecule has 1 heterocycles. The quantitative estimate of drug-likeness (QED) is 0.120. The van der Waals surface area contributed by atoms with Gasteiger partial charge in [-0.2, -0.15) is 0 Å². The number of benzene rings is 1. The maximum Gasteiger partial charge on any atom is 0.256 e. The maximum absolute atomic E-state index is 2.58. The van der Waals surface area contributed by atoms with Crippen molar-refractivity contribution in [2.75, 3.05) is 0 Å². The van der Waals surface area contributed by atoms with Crippen LogP contribution in [-0.4, -0.2) is 4.57 Å². The minimum absolute atomic E-state index is 1.14. The Kier molecular flexibility index (Phi) is 16.6. The van der Waals surface area contributed by atoms with Crippen molar-refractivity contribution in [3.05, 3.63) is 54.1 Å². The fourth-order valence-electron chi connectivity index (χ4n) is 5.12. The molecule has 34 heavy (non-hydrogen) atoms. The van der Waals surface area contributed by atoms with Gasteiger partial charge in [0.15, 0.2) is 0 Å². The number of imidazole rings is 1. The number of hydrogen-bond acceptors (Lipinski definition) is 0. The lowest BCUT2D eigenvalue weighted by molar-refractivity contribution is -0.704. The Hall–Kier alpha value is -1.57. The Bertz CT molecular complexity index is 703. The van der Waals surface area contributed by atoms with Gasteiger partial charge in [0.05, 0.1) is 13.1 Å². The Balaban J connectivity index is 1.76. The monoisotopic (exact) mass is 467 g/mol. The van der Waals surface area contributed by atoms with Crippen molar-refractivity contribution >= 4 is 0 Å². The average Bonchev–Trinajstić information content (AvgIpc) is 3.24. The molecule has 1 aromatic carbocycles. The fourth-order valence-corrected chi connectivity index (χ4v) is 5.12. The molecule has 0 saturated heterocycles. The van der Waals surface area contributed by atoms with E-state index >= 15 is 0 Å². The molecule has 0 bridgehead atoms. The summed E-state index contributed by atoms with van der Waals surface area (Å²) in [6.07, 6.45) is 30.7. The highest BCUT2D eigenvalue weighted by atomic mass is 15.1. The normalized spacial score (nSPS) is 11.4. The molecule has 0 aliphatic rings. The molecule has 0 fully saturated rings. The zero-order valence-electron chi connectivity index (χ0n) is 22.8. The summed E-state index contributed by atoms with van der Waals surface area (Å²) in [4.78, 5) is 0. The third-order valence-electron chi connectivity index (χ3n) is 7.30. The first kappa shape index (κ1) is 28.7. The number of hydrogen-bond donors (Lipinski definition) is 0. The molecule has 1 aromatic heterocycles. The maximum atomic E-state index is 2.58. The number of nitrogens with zero attached hydrogens (tertiary/aromatic N) is 2. The summed E-state index contributed by atoms with van der Waals surface area (Å²) in [6, 6.07) is 11.0. The molecule has 0 unspecified atom stereocenters. The Labute approximate surface area is 212 Å². The first-order valence-corrected chi connectivity index (χ1v) is 15.0. The van der Waals surface area contributed by atoms with E-state index in [1.165, 1.54) is 134 Å². The lowest BCUT2D eigenvalue weighted by Crippen LogP contribution is -2.37. The molecule has 192 valence electrons. The third kappa shape index (κ3) is 12.8. The topological polar surface area (TPSA) is 8.81 Å². The van der Waals surface area contributed by atoms with Crippen LogP contribution in [0.15, 0.2) is 42.7 Å². The second-order valence-corrected chi connectivity index (χ2v) is 10.4. The van der Waals surface area contributed by atoms with Gasteiger partial charge in [0.2, 0.25) is 0 Å². The van der Waals surface area contributed by atoms with Crippen molar-refractivity contribution < 1.29 is 4.57 Å². The summed E-state index contributed by atoms with van der Waals surface area (Å²) in [5.41, 5.74) is 1.46. The molecule has 0 radical (unpaired) electrons. The van der Waals surface area contributed by atoms with Crippen LogP contribution < -0.4 is 4.57 Å². The van der Waals surface area contributed by atoms with Crippen molar-refractivity contribution in [3.63, 3.8) is 0 Å². The second kappa shape index (κ2) is 19.7. The van der Waals surface area contributed by atoms with Crippen LogP contribution in [0.2, 0.25) is 0 Å². The molecule has 2 heteroatoms. The van der Waals surface area contributed by atoms with E-state index in [0.717, 1.165) is 6.54 Å². The zero-order chi connectivity index (χ0) is 24.1. The van der Waals surface area contributed by atoms with Crippen LogP contribution in [0.4, 0.5) is 0 Å². The second-order valence-electron chi connectivity index (χ2n) is 10.4. The van der Waals surface area contributed by atoms with Gasteiger partial charge in [0, 0.05) is 6.42 Å². The van der Waals surface area contributed by atoms with E-state index in [0.29, 0.717) is 0 Å². The summed E-state index contributed by atoms with van der Waals surface area (Å²) in [5.74, 6) is 1.57. The Morgan fingerprint density at radius 1 is 0.588 bits per heavy atom. The minimum Gasteiger partial charge on any atom is -0.234 e. The highest BCUT2D eigenvalue weighted by Gasteiger charge is 2.16. The van der Waals surface area contributed by atoms with Crippen molar-refractivity contribution in [1.82, 2.24) is 4.57 Å². The summed E-state index contributed by atoms with van der Waals surface area (Å²) >= 11 is 0. The van der Waals surface area contributed by atoms with Gasteiger partial charge in [-0.1, -0.05) is 128 Å². The summed E-state index contributed by atoms with van der Waals surface area (Å²) in [5, 5.41) is 0. The molecule has 0 N–H and O–H groups in total. The summed E-state index contributed by atoms with van der Waals surface area (Å²) in [7, 11) is 0. The number of rotatable bonds is 22. The van der Waals surface area contributed by atoms with Crippen LogP contribution in [-0.2, 0) is 25.9 Å². The van der Waals surface area contributed by atoms with Crippen molar-refractivity contribution in [1.29, 1.82) is 0 Å². The highest BCUT2D eigenvalue weighted by molar-refractivity contribution is 5.14. The molecule has 0 aliphatic heterocycles. The van der Waals surface area contributed by atoms with Gasteiger partial charge in [-0.3, -0.25) is 0 Å². The van der Waals surface area contributed by atoms with E-state index in [-0.39, 0.29) is 0 Å². The van der Waals surface area contributed by atoms with E-state index in [9.17, 15) is 0 Å². The van der Waals surface area contributed by atoms with E-state index < -0.39 is 0 Å². The predicted molar refractivity (Wildman–Crippen MR) is 148 cm³/mol. The van der Waals surface area contributed by atoms with Crippen LogP contribution >= 0.6 is 0 Å². The smallest absolute Gasteiger partial charge is 0.234 e. The average molecular weight is 468 g/mol. The van der Waals surface area contributed by atoms with E-state index in [1.807, 2.05) is 0 Å². The van der Waals surface area contributed by atoms with Crippen LogP contribution in [0, 0.1) is 0 Å². The third-order valence-corrected chi connectivity index (χ3v) is 7.30. The Morgan fingerprint density at radius 2 is 1.15 bits per heavy atom. The van der Waals surface area contributed by atoms with Crippen LogP contribution in [0.5, 0.6) is 0 Å². The van der Waals surface area contributed by atoms with Crippen molar-refractivity contribution in [3.8, 4) is 0 Å². The number of aromatic nitrogens is 2. The molecule has 0 atom stereocenters. The lowest BCUT2D eigenvalue weighted by Gasteiger charge is -2.07. The molecule has 0 aliphatic carbocycles. The number of unbranched alkanes of at least 4 members (excludes halogenated alkanes) is 14. The zero-order valence-corrected chi connectivity index (χ0v) is 22.8. The van der Waals surface area contributed by atoms with Crippen molar-refractivity contribution in [2.45, 2.75) is 149 Å². The van der Waals surface area contributed by atoms with Crippen LogP contribution in [0.25, 0.3) is 0 Å². The van der Waals surface area contributed by atoms with Gasteiger partial charge >= 0.3 is 0 Å². The first-order chi connectivity index (χ1) is 16.8. The fraction of sp³-hybridized carbons (Fsp3) is 0.719. The molecule has 2 nitrogen and oxygen atoms in total. The van der Waals surface area contributed by atoms with E-state index in [2.05, 4.69) is 65.7 Å². The molecule has 2 aromatic rings. The van der Waals surface area contributed by atoms with E-state index in [1.54, 1.807) is 5.82 Å². The standard InChI is InChI=1S/C32H55N2/c1-3-5-7-9-11-12-14-16-21-27-33-29-30-34(28-22-25-31-23-18-17-19-24-31)32(33)26-20-15-13-10-8-6-4-2/h17-19,23-24,29-30H,3-16,20-22,25-28H2,1-2H3/q+1. The highest BCUT2D eigenvalue weighted by Crippen LogP contribution is 2.13. The van der Waals surface area contributed by atoms with Crippen LogP contribution in [0.3, 0.4) is 0 Å². The van der Waals surface area contributed by atoms with Gasteiger partial charge < -0.3 is 0 Å². The molecule has 0 saturated carbocycles. The largest absolute Gasteiger partial charge is 0.256 e. The first-order valence-electron chi connectivity index (χ1n) is 15.0. The molecule has 2 rings (SSSR count). The number of aryl methyl sites for hydroxylation is 3. The Morgan fingerprint density at radius 3 is 1.76 bits per heavy atom. The van der Waals surface area contributed by atoms with Gasteiger partial charge in [-0.25, -0.2) is 9.13 Å². The van der Waals surface area contributed by atoms with Crippen LogP contribution in [0.1, 0.15) is 134 Å². The van der Waals surface area contributed by atoms with Gasteiger partial charge in [0.1, 0.15) is 12.4 Å². The molecular weight excluding hydrogens is 412 g/mol. The van der Waals surface area contributed by atoms with E-state index in [4.69, 9.17) is 0 Å². The summed E-state index contributed by atoms with van der Waals surface area (Å²) < 4.78 is 5.15. The molecule has 0 spiro atoms. The predicted octanol–water partition coefficient (Wildman–Crippen LogP) is 9.23. The lowest BCUT2D eigenvalue weighted by atomic mass is 10.1. The molecule has 0 amide bonds. The summed E-state index contributed by atoms with van der Waals surface area (Å²) in [6.45, 7) is 6.95. The van der Waals surface area contributed by atoms with Gasteiger partial charge in [0.25, 0.3) is 5.82 Å². The minimum atomic E-state index is 1.14. The van der Waals surface area contributed by atoms with Crippen molar-refractivity contribution in [2.24, 2.45) is 0 Å². The molecular formula is C32H55N2+. The van der Waals surface area contributed by atoms with Gasteiger partial charge in [-0.15, -0.1) is 0 Å². The SMILES string of the molecule is CCCCCCCCCCCn1cc[n+](CCCc2ccccc2)c1CCCCCCCCC. The van der Waals surface area contributed by atoms with Gasteiger partial charge in [-0.05, 0) is 37.7 Å².